The molecular formula is C13H22O4. The maximum Gasteiger partial charge on any atom is 0.126 e. The first kappa shape index (κ1) is 13.0. The van der Waals surface area contributed by atoms with Crippen molar-refractivity contribution in [3.05, 3.63) is 12.7 Å². The minimum Gasteiger partial charge on any atom is -0.396 e. The van der Waals surface area contributed by atoms with E-state index in [1.54, 1.807) is 6.08 Å². The second-order valence-corrected chi connectivity index (χ2v) is 5.16. The lowest BCUT2D eigenvalue weighted by molar-refractivity contribution is -0.0851. The largest absolute Gasteiger partial charge is 0.396 e. The number of rotatable bonds is 5. The number of hydrogen-bond donors (Lipinski definition) is 2. The third kappa shape index (κ3) is 1.74. The lowest BCUT2D eigenvalue weighted by Crippen LogP contribution is -2.52. The standard InChI is InChI=1S/C13H22O4/c1-3-13-10(6-4-5-7-14)8-16-12(13,2)11(15)9-17-13/h3,10-11,14-15H,1,4-9H2,2H3/t10?,11?,12-,13-/m1/s1. The zero-order valence-electron chi connectivity index (χ0n) is 10.4. The van der Waals surface area contributed by atoms with Crippen molar-refractivity contribution in [2.45, 2.75) is 43.5 Å². The Balaban J connectivity index is 2.12. The van der Waals surface area contributed by atoms with Gasteiger partial charge in [0.05, 0.1) is 13.2 Å². The molecule has 17 heavy (non-hydrogen) atoms. The van der Waals surface area contributed by atoms with E-state index in [2.05, 4.69) is 6.58 Å². The van der Waals surface area contributed by atoms with Crippen molar-refractivity contribution in [1.29, 1.82) is 0 Å². The van der Waals surface area contributed by atoms with Crippen LogP contribution in [-0.2, 0) is 9.47 Å². The Bertz CT molecular complexity index is 293. The molecular weight excluding hydrogens is 220 g/mol. The Hall–Kier alpha value is -0.420. The van der Waals surface area contributed by atoms with Crippen LogP contribution in [-0.4, -0.2) is 47.3 Å². The van der Waals surface area contributed by atoms with Crippen molar-refractivity contribution in [2.75, 3.05) is 19.8 Å². The maximum atomic E-state index is 10.0. The second kappa shape index (κ2) is 4.69. The molecule has 2 saturated heterocycles. The smallest absolute Gasteiger partial charge is 0.126 e. The summed E-state index contributed by atoms with van der Waals surface area (Å²) in [6.45, 7) is 6.88. The molecule has 0 aliphatic carbocycles. The Labute approximate surface area is 102 Å². The van der Waals surface area contributed by atoms with Crippen molar-refractivity contribution in [1.82, 2.24) is 0 Å². The van der Waals surface area contributed by atoms with Gasteiger partial charge in [-0.15, -0.1) is 6.58 Å². The van der Waals surface area contributed by atoms with Crippen molar-refractivity contribution in [3.63, 3.8) is 0 Å². The highest BCUT2D eigenvalue weighted by Gasteiger charge is 2.65. The fourth-order valence-electron chi connectivity index (χ4n) is 3.14. The summed E-state index contributed by atoms with van der Waals surface area (Å²) in [4.78, 5) is 0. The van der Waals surface area contributed by atoms with E-state index in [-0.39, 0.29) is 12.5 Å². The highest BCUT2D eigenvalue weighted by molar-refractivity contribution is 5.22. The van der Waals surface area contributed by atoms with Crippen LogP contribution in [0.3, 0.4) is 0 Å². The number of aliphatic hydroxyl groups is 2. The van der Waals surface area contributed by atoms with Gasteiger partial charge in [0.1, 0.15) is 17.3 Å². The predicted octanol–water partition coefficient (Wildman–Crippen LogP) is 0.870. The molecule has 0 saturated carbocycles. The monoisotopic (exact) mass is 242 g/mol. The quantitative estimate of drug-likeness (QED) is 0.555. The van der Waals surface area contributed by atoms with E-state index in [4.69, 9.17) is 14.6 Å². The second-order valence-electron chi connectivity index (χ2n) is 5.16. The number of aliphatic hydroxyl groups excluding tert-OH is 2. The SMILES string of the molecule is C=C[C@]12OCC(O)[C@@]1(C)OCC2CCCCO. The Kier molecular flexibility index (Phi) is 3.59. The Morgan fingerprint density at radius 3 is 2.76 bits per heavy atom. The van der Waals surface area contributed by atoms with Gasteiger partial charge in [-0.25, -0.2) is 0 Å². The van der Waals surface area contributed by atoms with Crippen molar-refractivity contribution < 1.29 is 19.7 Å². The summed E-state index contributed by atoms with van der Waals surface area (Å²) in [7, 11) is 0. The fourth-order valence-corrected chi connectivity index (χ4v) is 3.14. The van der Waals surface area contributed by atoms with Gasteiger partial charge in [0.2, 0.25) is 0 Å². The molecule has 4 heteroatoms. The van der Waals surface area contributed by atoms with Crippen LogP contribution >= 0.6 is 0 Å². The van der Waals surface area contributed by atoms with Gasteiger partial charge in [-0.3, -0.25) is 0 Å². The van der Waals surface area contributed by atoms with E-state index < -0.39 is 17.3 Å². The van der Waals surface area contributed by atoms with E-state index in [9.17, 15) is 5.11 Å². The summed E-state index contributed by atoms with van der Waals surface area (Å²) >= 11 is 0. The maximum absolute atomic E-state index is 10.0. The third-order valence-corrected chi connectivity index (χ3v) is 4.35. The third-order valence-electron chi connectivity index (χ3n) is 4.35. The molecule has 2 unspecified atom stereocenters. The summed E-state index contributed by atoms with van der Waals surface area (Å²) in [5.41, 5.74) is -1.24. The molecule has 2 N–H and O–H groups in total. The fraction of sp³-hybridized carbons (Fsp3) is 0.846. The van der Waals surface area contributed by atoms with Crippen LogP contribution in [0.5, 0.6) is 0 Å². The molecule has 0 aromatic carbocycles. The van der Waals surface area contributed by atoms with Gasteiger partial charge >= 0.3 is 0 Å². The average Bonchev–Trinajstić information content (AvgIpc) is 2.75. The molecule has 4 nitrogen and oxygen atoms in total. The Morgan fingerprint density at radius 1 is 1.35 bits per heavy atom. The van der Waals surface area contributed by atoms with Crippen LogP contribution in [0, 0.1) is 5.92 Å². The first-order valence-electron chi connectivity index (χ1n) is 6.31. The molecule has 2 aliphatic rings. The van der Waals surface area contributed by atoms with Crippen LogP contribution in [0.25, 0.3) is 0 Å². The molecule has 4 atom stereocenters. The highest BCUT2D eigenvalue weighted by Crippen LogP contribution is 2.51. The molecule has 2 heterocycles. The van der Waals surface area contributed by atoms with Gasteiger partial charge in [-0.1, -0.05) is 12.5 Å². The first-order chi connectivity index (χ1) is 8.10. The zero-order chi connectivity index (χ0) is 12.5. The van der Waals surface area contributed by atoms with E-state index >= 15 is 0 Å². The van der Waals surface area contributed by atoms with Crippen LogP contribution < -0.4 is 0 Å². The first-order valence-corrected chi connectivity index (χ1v) is 6.31. The number of hydrogen-bond acceptors (Lipinski definition) is 4. The van der Waals surface area contributed by atoms with Crippen LogP contribution in [0.4, 0.5) is 0 Å². The predicted molar refractivity (Wildman–Crippen MR) is 63.7 cm³/mol. The summed E-state index contributed by atoms with van der Waals surface area (Å²) in [5, 5.41) is 18.8. The molecule has 2 fully saturated rings. The summed E-state index contributed by atoms with van der Waals surface area (Å²) < 4.78 is 11.6. The molecule has 0 bridgehead atoms. The summed E-state index contributed by atoms with van der Waals surface area (Å²) in [6.07, 6.45) is 3.86. The van der Waals surface area contributed by atoms with Gasteiger partial charge in [0.15, 0.2) is 0 Å². The molecule has 0 radical (unpaired) electrons. The van der Waals surface area contributed by atoms with Crippen LogP contribution in [0.1, 0.15) is 26.2 Å². The van der Waals surface area contributed by atoms with Crippen LogP contribution in [0.15, 0.2) is 12.7 Å². The zero-order valence-corrected chi connectivity index (χ0v) is 10.4. The van der Waals surface area contributed by atoms with E-state index in [1.165, 1.54) is 0 Å². The highest BCUT2D eigenvalue weighted by atomic mass is 16.6. The molecule has 0 aromatic rings. The van der Waals surface area contributed by atoms with Crippen molar-refractivity contribution >= 4 is 0 Å². The topological polar surface area (TPSA) is 58.9 Å². The van der Waals surface area contributed by atoms with Gasteiger partial charge in [0.25, 0.3) is 0 Å². The summed E-state index contributed by atoms with van der Waals surface area (Å²) in [5.74, 6) is 0.216. The molecule has 0 amide bonds. The molecule has 2 rings (SSSR count). The lowest BCUT2D eigenvalue weighted by atomic mass is 9.75. The van der Waals surface area contributed by atoms with Gasteiger partial charge < -0.3 is 19.7 Å². The normalized spacial score (nSPS) is 44.9. The lowest BCUT2D eigenvalue weighted by Gasteiger charge is -2.36. The Morgan fingerprint density at radius 2 is 2.12 bits per heavy atom. The number of unbranched alkanes of at least 4 members (excludes halogenated alkanes) is 1. The van der Waals surface area contributed by atoms with Crippen molar-refractivity contribution in [2.24, 2.45) is 5.92 Å². The minimum atomic E-state index is -0.668. The van der Waals surface area contributed by atoms with Crippen LogP contribution in [0.2, 0.25) is 0 Å². The minimum absolute atomic E-state index is 0.216. The number of ether oxygens (including phenoxy) is 2. The van der Waals surface area contributed by atoms with Crippen molar-refractivity contribution in [3.8, 4) is 0 Å². The van der Waals surface area contributed by atoms with E-state index in [0.717, 1.165) is 19.3 Å². The summed E-state index contributed by atoms with van der Waals surface area (Å²) in [6, 6.07) is 0. The molecule has 98 valence electrons. The average molecular weight is 242 g/mol. The van der Waals surface area contributed by atoms with E-state index in [0.29, 0.717) is 13.2 Å². The molecule has 0 aromatic heterocycles. The molecule has 2 aliphatic heterocycles. The van der Waals surface area contributed by atoms with Gasteiger partial charge in [-0.05, 0) is 19.8 Å². The van der Waals surface area contributed by atoms with Gasteiger partial charge in [0, 0.05) is 12.5 Å². The number of fused-ring (bicyclic) bond motifs is 1. The van der Waals surface area contributed by atoms with Gasteiger partial charge in [-0.2, -0.15) is 0 Å². The van der Waals surface area contributed by atoms with E-state index in [1.807, 2.05) is 6.92 Å². The molecule has 0 spiro atoms.